The van der Waals surface area contributed by atoms with Gasteiger partial charge in [-0.15, -0.1) is 34.4 Å². The monoisotopic (exact) mass is 658 g/mol. The molecule has 5 rings (SSSR count). The SMILES string of the molecule is CCC(Sc1cccc(NC(=O)/C(=C/c2cccs2)NC(=O)c2ccccc2)c1)C(=O)Nc1nc(-c2ccccc2Cl)cs1. The molecule has 0 fully saturated rings. The summed E-state index contributed by atoms with van der Waals surface area (Å²) in [7, 11) is 0. The molecule has 0 spiro atoms. The highest BCUT2D eigenvalue weighted by Gasteiger charge is 2.21. The second kappa shape index (κ2) is 15.0. The highest BCUT2D eigenvalue weighted by atomic mass is 35.5. The van der Waals surface area contributed by atoms with E-state index >= 15 is 0 Å². The number of rotatable bonds is 11. The molecule has 0 radical (unpaired) electrons. The van der Waals surface area contributed by atoms with Crippen LogP contribution in [0.2, 0.25) is 5.02 Å². The summed E-state index contributed by atoms with van der Waals surface area (Å²) >= 11 is 10.5. The number of halogens is 1. The number of aromatic nitrogens is 1. The van der Waals surface area contributed by atoms with E-state index in [9.17, 15) is 14.4 Å². The van der Waals surface area contributed by atoms with Crippen LogP contribution in [0.3, 0.4) is 0 Å². The van der Waals surface area contributed by atoms with E-state index in [4.69, 9.17) is 11.6 Å². The lowest BCUT2D eigenvalue weighted by Crippen LogP contribution is -2.30. The third-order valence-corrected chi connectivity index (χ3v) is 9.54. The summed E-state index contributed by atoms with van der Waals surface area (Å²) < 4.78 is 0. The minimum atomic E-state index is -0.465. The number of nitrogens with one attached hydrogen (secondary N) is 3. The fourth-order valence-electron chi connectivity index (χ4n) is 4.10. The van der Waals surface area contributed by atoms with Gasteiger partial charge in [0.1, 0.15) is 5.70 Å². The molecule has 3 amide bonds. The highest BCUT2D eigenvalue weighted by Crippen LogP contribution is 2.32. The molecule has 2 heterocycles. The third kappa shape index (κ3) is 8.23. The molecule has 0 aliphatic rings. The Balaban J connectivity index is 1.25. The molecule has 7 nitrogen and oxygen atoms in total. The number of hydrogen-bond donors (Lipinski definition) is 3. The zero-order chi connectivity index (χ0) is 30.9. The van der Waals surface area contributed by atoms with Crippen molar-refractivity contribution in [3.63, 3.8) is 0 Å². The van der Waals surface area contributed by atoms with Crippen LogP contribution in [0.1, 0.15) is 28.6 Å². The Morgan fingerprint density at radius 3 is 2.48 bits per heavy atom. The maximum atomic E-state index is 13.4. The van der Waals surface area contributed by atoms with Gasteiger partial charge >= 0.3 is 0 Å². The van der Waals surface area contributed by atoms with E-state index in [-0.39, 0.29) is 17.5 Å². The Labute approximate surface area is 272 Å². The lowest BCUT2D eigenvalue weighted by molar-refractivity contribution is -0.116. The molecule has 3 N–H and O–H groups in total. The first-order chi connectivity index (χ1) is 21.4. The molecular weight excluding hydrogens is 632 g/mol. The van der Waals surface area contributed by atoms with Gasteiger partial charge < -0.3 is 16.0 Å². The van der Waals surface area contributed by atoms with Gasteiger partial charge in [-0.3, -0.25) is 14.4 Å². The molecule has 0 aliphatic carbocycles. The van der Waals surface area contributed by atoms with Crippen LogP contribution in [-0.2, 0) is 9.59 Å². The molecule has 222 valence electrons. The smallest absolute Gasteiger partial charge is 0.272 e. The molecule has 44 heavy (non-hydrogen) atoms. The molecule has 0 saturated carbocycles. The van der Waals surface area contributed by atoms with Crippen molar-refractivity contribution >= 4 is 80.7 Å². The number of carbonyl (C=O) groups is 3. The summed E-state index contributed by atoms with van der Waals surface area (Å²) in [5.74, 6) is -1.02. The molecule has 1 unspecified atom stereocenters. The Hall–Kier alpha value is -4.22. The van der Waals surface area contributed by atoms with E-state index in [0.717, 1.165) is 15.3 Å². The summed E-state index contributed by atoms with van der Waals surface area (Å²) in [5.41, 5.74) is 2.60. The number of anilines is 2. The van der Waals surface area contributed by atoms with Crippen molar-refractivity contribution in [3.05, 3.63) is 123 Å². The maximum Gasteiger partial charge on any atom is 0.272 e. The number of hydrogen-bond acceptors (Lipinski definition) is 7. The first kappa shape index (κ1) is 31.2. The molecular formula is C33H27ClN4O3S3. The van der Waals surface area contributed by atoms with Crippen LogP contribution >= 0.6 is 46.0 Å². The van der Waals surface area contributed by atoms with Crippen molar-refractivity contribution in [3.8, 4) is 11.3 Å². The van der Waals surface area contributed by atoms with Gasteiger partial charge in [0, 0.05) is 37.0 Å². The number of nitrogens with zero attached hydrogens (tertiary/aromatic N) is 1. The van der Waals surface area contributed by atoms with Gasteiger partial charge in [-0.25, -0.2) is 4.98 Å². The van der Waals surface area contributed by atoms with Gasteiger partial charge in [-0.2, -0.15) is 0 Å². The van der Waals surface area contributed by atoms with Crippen molar-refractivity contribution in [1.82, 2.24) is 10.3 Å². The fourth-order valence-corrected chi connectivity index (χ4v) is 6.72. The first-order valence-corrected chi connectivity index (χ1v) is 16.6. The molecule has 11 heteroatoms. The average Bonchev–Trinajstić information content (AvgIpc) is 3.73. The van der Waals surface area contributed by atoms with Crippen LogP contribution in [0.25, 0.3) is 17.3 Å². The van der Waals surface area contributed by atoms with Gasteiger partial charge in [0.25, 0.3) is 11.8 Å². The minimum Gasteiger partial charge on any atom is -0.321 e. The lowest BCUT2D eigenvalue weighted by atomic mass is 10.2. The van der Waals surface area contributed by atoms with E-state index in [0.29, 0.717) is 33.5 Å². The minimum absolute atomic E-state index is 0.116. The van der Waals surface area contributed by atoms with Crippen LogP contribution < -0.4 is 16.0 Å². The number of carbonyl (C=O) groups excluding carboxylic acids is 3. The predicted octanol–water partition coefficient (Wildman–Crippen LogP) is 8.44. The Morgan fingerprint density at radius 1 is 0.932 bits per heavy atom. The zero-order valence-corrected chi connectivity index (χ0v) is 26.7. The summed E-state index contributed by atoms with van der Waals surface area (Å²) in [5, 5.41) is 13.0. The molecule has 5 aromatic rings. The van der Waals surface area contributed by atoms with Gasteiger partial charge in [0.15, 0.2) is 5.13 Å². The second-order valence-corrected chi connectivity index (χ2v) is 12.9. The number of thioether (sulfide) groups is 1. The van der Waals surface area contributed by atoms with Crippen molar-refractivity contribution in [2.75, 3.05) is 10.6 Å². The van der Waals surface area contributed by atoms with Gasteiger partial charge in [-0.05, 0) is 60.3 Å². The van der Waals surface area contributed by atoms with Crippen molar-refractivity contribution in [1.29, 1.82) is 0 Å². The number of benzene rings is 3. The first-order valence-electron chi connectivity index (χ1n) is 13.6. The molecule has 0 aliphatic heterocycles. The van der Waals surface area contributed by atoms with Gasteiger partial charge in [-0.1, -0.05) is 67.1 Å². The fraction of sp³-hybridized carbons (Fsp3) is 0.0909. The van der Waals surface area contributed by atoms with Crippen LogP contribution in [0.15, 0.2) is 112 Å². The largest absolute Gasteiger partial charge is 0.321 e. The van der Waals surface area contributed by atoms with Crippen LogP contribution in [0.4, 0.5) is 10.8 Å². The third-order valence-electron chi connectivity index (χ3n) is 6.28. The van der Waals surface area contributed by atoms with Crippen LogP contribution in [0.5, 0.6) is 0 Å². The van der Waals surface area contributed by atoms with E-state index in [1.54, 1.807) is 48.5 Å². The predicted molar refractivity (Wildman–Crippen MR) is 182 cm³/mol. The standard InChI is InChI=1S/C33H27ClN4O3S3/c1-2-29(32(41)38-33-37-28(20-43-33)25-15-6-7-16-26(25)34)44-24-13-8-12-22(18-24)35-31(40)27(19-23-14-9-17-42-23)36-30(39)21-10-4-3-5-11-21/h3-20,29H,2H2,1H3,(H,35,40)(H,36,39)(H,37,38,41)/b27-19-. The molecule has 1 atom stereocenters. The van der Waals surface area contributed by atoms with E-state index in [2.05, 4.69) is 20.9 Å². The van der Waals surface area contributed by atoms with E-state index < -0.39 is 11.2 Å². The van der Waals surface area contributed by atoms with Gasteiger partial charge in [0.2, 0.25) is 5.91 Å². The maximum absolute atomic E-state index is 13.4. The van der Waals surface area contributed by atoms with Crippen molar-refractivity contribution < 1.29 is 14.4 Å². The molecule has 2 aromatic heterocycles. The van der Waals surface area contributed by atoms with Crippen LogP contribution in [0, 0.1) is 0 Å². The summed E-state index contributed by atoms with van der Waals surface area (Å²) in [6.07, 6.45) is 2.22. The van der Waals surface area contributed by atoms with Gasteiger partial charge in [0.05, 0.1) is 10.9 Å². The van der Waals surface area contributed by atoms with E-state index in [1.807, 2.05) is 66.2 Å². The lowest BCUT2D eigenvalue weighted by Gasteiger charge is -2.15. The normalized spacial score (nSPS) is 11.9. The number of thiazole rings is 1. The second-order valence-electron chi connectivity index (χ2n) is 9.40. The zero-order valence-electron chi connectivity index (χ0n) is 23.5. The topological polar surface area (TPSA) is 100 Å². The Bertz CT molecular complexity index is 1790. The summed E-state index contributed by atoms with van der Waals surface area (Å²) in [4.78, 5) is 45.6. The van der Waals surface area contributed by atoms with Crippen molar-refractivity contribution in [2.45, 2.75) is 23.5 Å². The quantitative estimate of drug-likeness (QED) is 0.0977. The average molecular weight is 659 g/mol. The number of amides is 3. The van der Waals surface area contributed by atoms with E-state index in [1.165, 1.54) is 34.4 Å². The molecule has 0 saturated heterocycles. The van der Waals surface area contributed by atoms with Crippen molar-refractivity contribution in [2.24, 2.45) is 0 Å². The summed E-state index contributed by atoms with van der Waals surface area (Å²) in [6.45, 7) is 1.94. The Kier molecular flexibility index (Phi) is 10.6. The van der Waals surface area contributed by atoms with Crippen LogP contribution in [-0.4, -0.2) is 28.0 Å². The summed E-state index contributed by atoms with van der Waals surface area (Å²) in [6, 6.07) is 27.1. The Morgan fingerprint density at radius 2 is 1.73 bits per heavy atom. The molecule has 3 aromatic carbocycles. The highest BCUT2D eigenvalue weighted by molar-refractivity contribution is 8.00. The molecule has 0 bridgehead atoms. The number of thiophene rings is 1.